The van der Waals surface area contributed by atoms with Crippen LogP contribution in [0.1, 0.15) is 30.9 Å². The predicted octanol–water partition coefficient (Wildman–Crippen LogP) is 6.62. The van der Waals surface area contributed by atoms with Crippen LogP contribution in [0.4, 0.5) is 0 Å². The molecule has 1 unspecified atom stereocenters. The summed E-state index contributed by atoms with van der Waals surface area (Å²) in [6.45, 7) is 4.73. The fourth-order valence-electron chi connectivity index (χ4n) is 3.79. The summed E-state index contributed by atoms with van der Waals surface area (Å²) in [5.74, 6) is 0.101. The molecule has 10 nitrogen and oxygen atoms in total. The van der Waals surface area contributed by atoms with Gasteiger partial charge in [0.25, 0.3) is 0 Å². The number of aryl methyl sites for hydroxylation is 1. The zero-order valence-electron chi connectivity index (χ0n) is 17.1. The summed E-state index contributed by atoms with van der Waals surface area (Å²) in [5, 5.41) is 13.3. The van der Waals surface area contributed by atoms with Crippen LogP contribution in [-0.4, -0.2) is 24.2 Å². The third-order valence-corrected chi connectivity index (χ3v) is 5.68. The van der Waals surface area contributed by atoms with Gasteiger partial charge < -0.3 is 4.57 Å². The molecule has 152 valence electrons. The molecule has 0 fully saturated rings. The van der Waals surface area contributed by atoms with Crippen molar-refractivity contribution in [2.24, 2.45) is 22.4 Å². The predicted molar refractivity (Wildman–Crippen MR) is 118 cm³/mol. The molecule has 2 aromatic carbocycles. The number of hydrogen-bond acceptors (Lipinski definition) is 3. The topological polar surface area (TPSA) is 151 Å². The lowest BCUT2D eigenvalue weighted by Gasteiger charge is -2.26. The molecule has 0 saturated heterocycles. The maximum Gasteiger partial charge on any atom is 0.0488 e. The van der Waals surface area contributed by atoms with E-state index >= 15 is 0 Å². The Balaban J connectivity index is 2.19. The monoisotopic (exact) mass is 402 g/mol. The first kappa shape index (κ1) is 20.9. The zero-order valence-corrected chi connectivity index (χ0v) is 17.1. The number of aromatic nitrogens is 1. The highest BCUT2D eigenvalue weighted by Crippen LogP contribution is 2.35. The Labute approximate surface area is 173 Å². The number of rotatable bonds is 8. The van der Waals surface area contributed by atoms with Crippen LogP contribution in [0.25, 0.3) is 53.1 Å². The number of fused-ring (bicyclic) bond motifs is 3. The van der Waals surface area contributed by atoms with Gasteiger partial charge in [-0.05, 0) is 57.9 Å². The molecule has 1 heterocycles. The molecule has 10 heteroatoms. The Kier molecular flexibility index (Phi) is 6.04. The van der Waals surface area contributed by atoms with Crippen molar-refractivity contribution in [3.63, 3.8) is 0 Å². The van der Waals surface area contributed by atoms with E-state index in [1.807, 2.05) is 33.0 Å². The second-order valence-electron chi connectivity index (χ2n) is 7.72. The molecule has 0 radical (unpaired) electrons. The maximum absolute atomic E-state index is 8.78. The lowest BCUT2D eigenvalue weighted by atomic mass is 9.82. The van der Waals surface area contributed by atoms with Crippen LogP contribution in [0, 0.1) is 0 Å². The first-order valence-electron chi connectivity index (χ1n) is 9.50. The van der Waals surface area contributed by atoms with E-state index in [-0.39, 0.29) is 19.0 Å². The van der Waals surface area contributed by atoms with Crippen LogP contribution in [-0.2, 0) is 12.5 Å². The summed E-state index contributed by atoms with van der Waals surface area (Å²) >= 11 is 0. The van der Waals surface area contributed by atoms with E-state index in [1.165, 1.54) is 0 Å². The van der Waals surface area contributed by atoms with Gasteiger partial charge in [-0.15, -0.1) is 0 Å². The minimum Gasteiger partial charge on any atom is -0.344 e. The Morgan fingerprint density at radius 1 is 0.900 bits per heavy atom. The molecule has 0 spiro atoms. The molecular weight excluding hydrogens is 380 g/mol. The highest BCUT2D eigenvalue weighted by molar-refractivity contribution is 6.08. The van der Waals surface area contributed by atoms with Gasteiger partial charge in [0.2, 0.25) is 0 Å². The largest absolute Gasteiger partial charge is 0.344 e. The first-order valence-corrected chi connectivity index (χ1v) is 9.50. The SMILES string of the molecule is CC(CN=[N+]=[N-])c1ccc2c(c1)c1cc(C(C)(CN=[N+]=[N-])CN=[N+]=[N-])ccc1n2C. The fraction of sp³-hybridized carbons (Fsp3) is 0.400. The third-order valence-electron chi connectivity index (χ3n) is 5.68. The fourth-order valence-corrected chi connectivity index (χ4v) is 3.79. The van der Waals surface area contributed by atoms with Gasteiger partial charge in [0.05, 0.1) is 0 Å². The Hall–Kier alpha value is -3.83. The van der Waals surface area contributed by atoms with Gasteiger partial charge >= 0.3 is 0 Å². The molecule has 0 aliphatic heterocycles. The molecule has 0 N–H and O–H groups in total. The summed E-state index contributed by atoms with van der Waals surface area (Å²) in [6, 6.07) is 12.4. The van der Waals surface area contributed by atoms with Crippen LogP contribution in [0.15, 0.2) is 51.7 Å². The minimum absolute atomic E-state index is 0.101. The Morgan fingerprint density at radius 3 is 2.07 bits per heavy atom. The molecule has 0 amide bonds. The Morgan fingerprint density at radius 2 is 1.47 bits per heavy atom. The van der Waals surface area contributed by atoms with Crippen molar-refractivity contribution < 1.29 is 0 Å². The molecule has 30 heavy (non-hydrogen) atoms. The van der Waals surface area contributed by atoms with Crippen LogP contribution in [0.5, 0.6) is 0 Å². The van der Waals surface area contributed by atoms with Gasteiger partial charge in [-0.1, -0.05) is 41.3 Å². The number of benzene rings is 2. The lowest BCUT2D eigenvalue weighted by Crippen LogP contribution is -2.29. The smallest absolute Gasteiger partial charge is 0.0488 e. The van der Waals surface area contributed by atoms with Crippen LogP contribution in [0.2, 0.25) is 0 Å². The van der Waals surface area contributed by atoms with Crippen molar-refractivity contribution in [3.05, 3.63) is 78.9 Å². The van der Waals surface area contributed by atoms with E-state index in [1.54, 1.807) is 0 Å². The van der Waals surface area contributed by atoms with Gasteiger partial charge in [0.1, 0.15) is 0 Å². The number of nitrogens with zero attached hydrogens (tertiary/aromatic N) is 10. The van der Waals surface area contributed by atoms with Crippen LogP contribution in [0.3, 0.4) is 0 Å². The van der Waals surface area contributed by atoms with Gasteiger partial charge in [0.15, 0.2) is 0 Å². The van der Waals surface area contributed by atoms with Crippen LogP contribution >= 0.6 is 0 Å². The highest BCUT2D eigenvalue weighted by Gasteiger charge is 2.26. The normalized spacial score (nSPS) is 13.7. The van der Waals surface area contributed by atoms with E-state index in [0.717, 1.165) is 32.9 Å². The van der Waals surface area contributed by atoms with E-state index in [4.69, 9.17) is 16.6 Å². The van der Waals surface area contributed by atoms with Crippen molar-refractivity contribution in [2.45, 2.75) is 25.2 Å². The Bertz CT molecular complexity index is 1220. The summed E-state index contributed by atoms with van der Waals surface area (Å²) < 4.78 is 2.13. The summed E-state index contributed by atoms with van der Waals surface area (Å²) in [6.07, 6.45) is 0. The molecule has 0 aliphatic rings. The van der Waals surface area contributed by atoms with Crippen molar-refractivity contribution in [1.82, 2.24) is 4.57 Å². The highest BCUT2D eigenvalue weighted by atomic mass is 15.2. The average molecular weight is 402 g/mol. The second kappa shape index (κ2) is 8.68. The molecule has 0 saturated carbocycles. The third kappa shape index (κ3) is 3.83. The number of azide groups is 3. The lowest BCUT2D eigenvalue weighted by molar-refractivity contribution is 0.495. The molecule has 1 atom stereocenters. The molecule has 3 rings (SSSR count). The summed E-state index contributed by atoms with van der Waals surface area (Å²) in [5.41, 5.74) is 29.8. The molecule has 0 aliphatic carbocycles. The molecular formula is C20H22N10. The van der Waals surface area contributed by atoms with E-state index < -0.39 is 5.41 Å². The van der Waals surface area contributed by atoms with Crippen molar-refractivity contribution in [3.8, 4) is 0 Å². The second-order valence-corrected chi connectivity index (χ2v) is 7.72. The van der Waals surface area contributed by atoms with E-state index in [2.05, 4.69) is 58.9 Å². The summed E-state index contributed by atoms with van der Waals surface area (Å²) in [4.78, 5) is 8.61. The van der Waals surface area contributed by atoms with Crippen molar-refractivity contribution in [2.75, 3.05) is 19.6 Å². The molecule has 3 aromatic rings. The standard InChI is InChI=1S/C20H22N10/c1-13(10-24-27-21)14-4-6-18-16(8-14)17-9-15(5-7-19(17)30(18)3)20(2,11-25-28-22)12-26-29-23/h4-9,13H,10-12H2,1-3H3. The quantitative estimate of drug-likeness (QED) is 0.226. The van der Waals surface area contributed by atoms with Gasteiger partial charge in [0, 0.05) is 68.6 Å². The van der Waals surface area contributed by atoms with Gasteiger partial charge in [-0.2, -0.15) is 0 Å². The van der Waals surface area contributed by atoms with Crippen LogP contribution < -0.4 is 0 Å². The number of hydrogen-bond donors (Lipinski definition) is 0. The first-order chi connectivity index (χ1) is 14.4. The maximum atomic E-state index is 8.78. The van der Waals surface area contributed by atoms with E-state index in [0.29, 0.717) is 6.54 Å². The van der Waals surface area contributed by atoms with Gasteiger partial charge in [-0.3, -0.25) is 0 Å². The zero-order chi connectivity index (χ0) is 21.7. The van der Waals surface area contributed by atoms with Gasteiger partial charge in [-0.25, -0.2) is 0 Å². The molecule has 1 aromatic heterocycles. The van der Waals surface area contributed by atoms with E-state index in [9.17, 15) is 0 Å². The average Bonchev–Trinajstić information content (AvgIpc) is 3.05. The van der Waals surface area contributed by atoms with Crippen molar-refractivity contribution in [1.29, 1.82) is 0 Å². The van der Waals surface area contributed by atoms with Crippen molar-refractivity contribution >= 4 is 21.8 Å². The summed E-state index contributed by atoms with van der Waals surface area (Å²) in [7, 11) is 2.02. The minimum atomic E-state index is -0.610. The molecule has 0 bridgehead atoms.